The van der Waals surface area contributed by atoms with Gasteiger partial charge in [0.15, 0.2) is 0 Å². The van der Waals surface area contributed by atoms with E-state index in [9.17, 15) is 4.39 Å². The third-order valence-electron chi connectivity index (χ3n) is 1.62. The molecule has 0 bridgehead atoms. The summed E-state index contributed by atoms with van der Waals surface area (Å²) < 4.78 is 13.8. The molecule has 0 fully saturated rings. The number of halogens is 3. The van der Waals surface area contributed by atoms with Crippen LogP contribution in [0.3, 0.4) is 0 Å². The number of rotatable bonds is 2. The summed E-state index contributed by atoms with van der Waals surface area (Å²) in [5.74, 6) is -0.317. The van der Waals surface area contributed by atoms with Crippen molar-refractivity contribution in [3.63, 3.8) is 0 Å². The van der Waals surface area contributed by atoms with Crippen LogP contribution >= 0.6 is 28.3 Å². The lowest BCUT2D eigenvalue weighted by Gasteiger charge is -2.09. The molecule has 0 aliphatic carbocycles. The molecule has 0 aliphatic rings. The van der Waals surface area contributed by atoms with E-state index in [1.807, 2.05) is 0 Å². The normalized spacial score (nSPS) is 12.0. The van der Waals surface area contributed by atoms with Gasteiger partial charge in [-0.2, -0.15) is 0 Å². The molecule has 0 aliphatic heterocycles. The van der Waals surface area contributed by atoms with Crippen LogP contribution in [0.1, 0.15) is 11.6 Å². The quantitative estimate of drug-likeness (QED) is 0.862. The molecule has 1 aromatic carbocycles. The molecule has 74 valence electrons. The molecule has 1 rings (SSSR count). The van der Waals surface area contributed by atoms with E-state index >= 15 is 0 Å². The van der Waals surface area contributed by atoms with Gasteiger partial charge in [0.1, 0.15) is 5.82 Å². The van der Waals surface area contributed by atoms with Gasteiger partial charge in [-0.05, 0) is 12.1 Å². The summed E-state index contributed by atoms with van der Waals surface area (Å²) in [4.78, 5) is 0. The number of hydrogen-bond donors (Lipinski definition) is 2. The third-order valence-corrected chi connectivity index (χ3v) is 2.11. The van der Waals surface area contributed by atoms with Gasteiger partial charge in [0.25, 0.3) is 0 Å². The average molecular weight is 270 g/mol. The molecule has 13 heavy (non-hydrogen) atoms. The molecule has 0 saturated heterocycles. The van der Waals surface area contributed by atoms with Crippen molar-refractivity contribution in [2.45, 2.75) is 6.04 Å². The van der Waals surface area contributed by atoms with Crippen molar-refractivity contribution in [2.24, 2.45) is 11.5 Å². The number of nitrogens with two attached hydrogens (primary N) is 2. The molecular weight excluding hydrogens is 258 g/mol. The van der Waals surface area contributed by atoms with Gasteiger partial charge in [0.2, 0.25) is 0 Å². The Bertz CT molecular complexity index is 283. The van der Waals surface area contributed by atoms with E-state index < -0.39 is 6.04 Å². The summed E-state index contributed by atoms with van der Waals surface area (Å²) in [5.41, 5.74) is 11.3. The summed E-state index contributed by atoms with van der Waals surface area (Å²) >= 11 is 3.16. The molecule has 5 heteroatoms. The lowest BCUT2D eigenvalue weighted by atomic mass is 10.1. The molecule has 0 aromatic heterocycles. The Morgan fingerprint density at radius 2 is 2.08 bits per heavy atom. The van der Waals surface area contributed by atoms with Crippen LogP contribution in [0, 0.1) is 5.82 Å². The highest BCUT2D eigenvalue weighted by Gasteiger charge is 2.08. The zero-order valence-corrected chi connectivity index (χ0v) is 9.24. The van der Waals surface area contributed by atoms with Crippen molar-refractivity contribution in [3.8, 4) is 0 Å². The van der Waals surface area contributed by atoms with Gasteiger partial charge in [-0.15, -0.1) is 12.4 Å². The second-order valence-corrected chi connectivity index (χ2v) is 3.42. The molecule has 4 N–H and O–H groups in total. The molecule has 0 unspecified atom stereocenters. The van der Waals surface area contributed by atoms with E-state index in [1.165, 1.54) is 6.07 Å². The lowest BCUT2D eigenvalue weighted by Crippen LogP contribution is -2.21. The molecule has 0 amide bonds. The van der Waals surface area contributed by atoms with Gasteiger partial charge in [-0.25, -0.2) is 4.39 Å². The maximum Gasteiger partial charge on any atom is 0.129 e. The topological polar surface area (TPSA) is 52.0 Å². The number of hydrogen-bond acceptors (Lipinski definition) is 2. The standard InChI is InChI=1S/C8H10BrFN2.ClH/c9-5-1-2-6(7(10)3-5)8(12)4-11;/h1-3,8H,4,11-12H2;1H/t8-;/m0./s1. The van der Waals surface area contributed by atoms with E-state index in [2.05, 4.69) is 15.9 Å². The van der Waals surface area contributed by atoms with Crippen LogP contribution in [0.5, 0.6) is 0 Å². The fourth-order valence-corrected chi connectivity index (χ4v) is 1.26. The minimum Gasteiger partial charge on any atom is -0.329 e. The van der Waals surface area contributed by atoms with E-state index in [1.54, 1.807) is 12.1 Å². The highest BCUT2D eigenvalue weighted by Crippen LogP contribution is 2.18. The molecule has 1 aromatic rings. The molecule has 0 heterocycles. The Labute approximate surface area is 91.0 Å². The Balaban J connectivity index is 0.00000144. The van der Waals surface area contributed by atoms with Gasteiger partial charge >= 0.3 is 0 Å². The molecule has 0 radical (unpaired) electrons. The predicted molar refractivity (Wildman–Crippen MR) is 57.3 cm³/mol. The SMILES string of the molecule is Cl.NC[C@H](N)c1ccc(Br)cc1F. The highest BCUT2D eigenvalue weighted by atomic mass is 79.9. The predicted octanol–water partition coefficient (Wildman–Crippen LogP) is 1.97. The van der Waals surface area contributed by atoms with Crippen molar-refractivity contribution in [1.82, 2.24) is 0 Å². The zero-order chi connectivity index (χ0) is 9.14. The number of benzene rings is 1. The monoisotopic (exact) mass is 268 g/mol. The Hall–Kier alpha value is -0.160. The maximum atomic E-state index is 13.1. The van der Waals surface area contributed by atoms with Crippen LogP contribution < -0.4 is 11.5 Å². The summed E-state index contributed by atoms with van der Waals surface area (Å²) in [7, 11) is 0. The van der Waals surface area contributed by atoms with Crippen LogP contribution in [0.4, 0.5) is 4.39 Å². The van der Waals surface area contributed by atoms with E-state index in [0.29, 0.717) is 10.0 Å². The largest absolute Gasteiger partial charge is 0.329 e. The van der Waals surface area contributed by atoms with Gasteiger partial charge in [-0.1, -0.05) is 22.0 Å². The first-order valence-corrected chi connectivity index (χ1v) is 4.35. The van der Waals surface area contributed by atoms with E-state index in [4.69, 9.17) is 11.5 Å². The van der Waals surface area contributed by atoms with E-state index in [-0.39, 0.29) is 24.8 Å². The summed E-state index contributed by atoms with van der Waals surface area (Å²) in [6, 6.07) is 4.34. The first-order chi connectivity index (χ1) is 5.65. The third kappa shape index (κ3) is 3.23. The van der Waals surface area contributed by atoms with E-state index in [0.717, 1.165) is 0 Å². The van der Waals surface area contributed by atoms with Gasteiger partial charge < -0.3 is 11.5 Å². The lowest BCUT2D eigenvalue weighted by molar-refractivity contribution is 0.583. The van der Waals surface area contributed by atoms with Crippen LogP contribution in [-0.4, -0.2) is 6.54 Å². The summed E-state index contributed by atoms with van der Waals surface area (Å²) in [6.07, 6.45) is 0. The summed E-state index contributed by atoms with van der Waals surface area (Å²) in [5, 5.41) is 0. The molecule has 1 atom stereocenters. The van der Waals surface area contributed by atoms with Crippen LogP contribution in [-0.2, 0) is 0 Å². The Kier molecular flexibility index (Phi) is 5.48. The van der Waals surface area contributed by atoms with Crippen LogP contribution in [0.15, 0.2) is 22.7 Å². The Morgan fingerprint density at radius 1 is 1.46 bits per heavy atom. The van der Waals surface area contributed by atoms with Gasteiger partial charge in [-0.3, -0.25) is 0 Å². The molecule has 0 saturated carbocycles. The fourth-order valence-electron chi connectivity index (χ4n) is 0.929. The second kappa shape index (κ2) is 5.54. The van der Waals surface area contributed by atoms with Gasteiger partial charge in [0, 0.05) is 22.6 Å². The molecule has 0 spiro atoms. The van der Waals surface area contributed by atoms with Crippen molar-refractivity contribution in [1.29, 1.82) is 0 Å². The molecular formula is C8H11BrClFN2. The highest BCUT2D eigenvalue weighted by molar-refractivity contribution is 9.10. The zero-order valence-electron chi connectivity index (χ0n) is 6.84. The second-order valence-electron chi connectivity index (χ2n) is 2.51. The summed E-state index contributed by atoms with van der Waals surface area (Å²) in [6.45, 7) is 0.249. The minimum atomic E-state index is -0.418. The van der Waals surface area contributed by atoms with Crippen LogP contribution in [0.2, 0.25) is 0 Å². The minimum absolute atomic E-state index is 0. The first kappa shape index (κ1) is 12.8. The maximum absolute atomic E-state index is 13.1. The fraction of sp³-hybridized carbons (Fsp3) is 0.250. The van der Waals surface area contributed by atoms with Crippen LogP contribution in [0.25, 0.3) is 0 Å². The first-order valence-electron chi connectivity index (χ1n) is 3.55. The van der Waals surface area contributed by atoms with Crippen molar-refractivity contribution >= 4 is 28.3 Å². The van der Waals surface area contributed by atoms with Crippen molar-refractivity contribution in [3.05, 3.63) is 34.1 Å². The average Bonchev–Trinajstić information content (AvgIpc) is 2.03. The van der Waals surface area contributed by atoms with Gasteiger partial charge in [0.05, 0.1) is 0 Å². The Morgan fingerprint density at radius 3 is 2.54 bits per heavy atom. The van der Waals surface area contributed by atoms with Crippen molar-refractivity contribution < 1.29 is 4.39 Å². The van der Waals surface area contributed by atoms with Crippen molar-refractivity contribution in [2.75, 3.05) is 6.54 Å². The molecule has 2 nitrogen and oxygen atoms in total. The smallest absolute Gasteiger partial charge is 0.129 e.